The number of imidazole rings is 1. The number of carbonyl (C=O) groups excluding carboxylic acids is 1. The highest BCUT2D eigenvalue weighted by atomic mass is 16.2. The predicted molar refractivity (Wildman–Crippen MR) is 115 cm³/mol. The predicted octanol–water partition coefficient (Wildman–Crippen LogP) is 3.12. The van der Waals surface area contributed by atoms with E-state index in [0.717, 1.165) is 42.7 Å². The van der Waals surface area contributed by atoms with E-state index in [-0.39, 0.29) is 6.03 Å². The molecule has 6 nitrogen and oxygen atoms in total. The molecule has 3 aliphatic rings. The summed E-state index contributed by atoms with van der Waals surface area (Å²) in [4.78, 5) is 22.2. The molecule has 2 aromatic carbocycles. The number of nitrogens with zero attached hydrogens (tertiary/aromatic N) is 4. The largest absolute Gasteiger partial charge is 0.367 e. The lowest BCUT2D eigenvalue weighted by molar-refractivity contribution is 0.0265. The van der Waals surface area contributed by atoms with Gasteiger partial charge in [0.1, 0.15) is 11.8 Å². The molecule has 150 valence electrons. The Morgan fingerprint density at radius 3 is 2.66 bits per heavy atom. The molecule has 0 radical (unpaired) electrons. The van der Waals surface area contributed by atoms with Gasteiger partial charge in [0.25, 0.3) is 0 Å². The number of fused-ring (bicyclic) bond motifs is 3. The van der Waals surface area contributed by atoms with Gasteiger partial charge in [-0.1, -0.05) is 36.4 Å². The molecule has 6 heteroatoms. The molecule has 3 fully saturated rings. The number of amides is 1. The zero-order valence-electron chi connectivity index (χ0n) is 16.8. The van der Waals surface area contributed by atoms with E-state index in [1.807, 2.05) is 30.3 Å². The first-order chi connectivity index (χ1) is 14.2. The molecule has 2 atom stereocenters. The Morgan fingerprint density at radius 1 is 1.10 bits per heavy atom. The molecule has 3 saturated heterocycles. The second-order valence-corrected chi connectivity index (χ2v) is 8.19. The van der Waals surface area contributed by atoms with Crippen LogP contribution in [0.15, 0.2) is 54.9 Å². The van der Waals surface area contributed by atoms with Crippen LogP contribution in [0.4, 0.5) is 10.5 Å². The monoisotopic (exact) mass is 389 g/mol. The molecule has 29 heavy (non-hydrogen) atoms. The Labute approximate surface area is 171 Å². The minimum absolute atomic E-state index is 0.112. The number of piperazine rings is 1. The second kappa shape index (κ2) is 7.52. The third-order valence-electron chi connectivity index (χ3n) is 6.43. The summed E-state index contributed by atoms with van der Waals surface area (Å²) in [5, 5.41) is 3.03. The maximum atomic E-state index is 12.7. The first-order valence-electron chi connectivity index (χ1n) is 10.5. The van der Waals surface area contributed by atoms with Gasteiger partial charge in [0, 0.05) is 31.7 Å². The van der Waals surface area contributed by atoms with Crippen LogP contribution in [0.5, 0.6) is 0 Å². The van der Waals surface area contributed by atoms with Gasteiger partial charge in [-0.15, -0.1) is 0 Å². The number of carbonyl (C=O) groups is 1. The Morgan fingerprint density at radius 2 is 1.90 bits per heavy atom. The van der Waals surface area contributed by atoms with Gasteiger partial charge in [0.2, 0.25) is 0 Å². The molecular formula is C23H27N5O. The smallest absolute Gasteiger partial charge is 0.327 e. The van der Waals surface area contributed by atoms with Crippen molar-refractivity contribution in [3.63, 3.8) is 0 Å². The minimum Gasteiger partial charge on any atom is -0.367 e. The Bertz CT molecular complexity index is 1000. The second-order valence-electron chi connectivity index (χ2n) is 8.19. The van der Waals surface area contributed by atoms with E-state index in [9.17, 15) is 4.79 Å². The van der Waals surface area contributed by atoms with Gasteiger partial charge in [-0.2, -0.15) is 0 Å². The summed E-state index contributed by atoms with van der Waals surface area (Å²) in [6, 6.07) is 17.7. The fourth-order valence-corrected chi connectivity index (χ4v) is 4.65. The van der Waals surface area contributed by atoms with E-state index < -0.39 is 0 Å². The summed E-state index contributed by atoms with van der Waals surface area (Å²) in [6.07, 6.45) is 4.82. The normalized spacial score (nSPS) is 21.2. The number of anilines is 1. The molecule has 1 N–H and O–H groups in total. The molecule has 0 aliphatic carbocycles. The molecule has 6 rings (SSSR count). The van der Waals surface area contributed by atoms with Crippen molar-refractivity contribution in [3.05, 3.63) is 60.4 Å². The van der Waals surface area contributed by atoms with Crippen molar-refractivity contribution >= 4 is 22.8 Å². The van der Waals surface area contributed by atoms with Gasteiger partial charge in [0.15, 0.2) is 0 Å². The van der Waals surface area contributed by atoms with Gasteiger partial charge < -0.3 is 10.2 Å². The summed E-state index contributed by atoms with van der Waals surface area (Å²) in [7, 11) is 2.22. The van der Waals surface area contributed by atoms with Gasteiger partial charge >= 0.3 is 6.03 Å². The van der Waals surface area contributed by atoms with Crippen LogP contribution < -0.4 is 10.2 Å². The number of likely N-dealkylation sites (N-methyl/N-ethyl adjacent to an activating group) is 1. The van der Waals surface area contributed by atoms with Crippen LogP contribution in [-0.2, 0) is 6.42 Å². The topological polar surface area (TPSA) is 53.4 Å². The zero-order valence-corrected chi connectivity index (χ0v) is 16.8. The van der Waals surface area contributed by atoms with E-state index in [1.165, 1.54) is 12.0 Å². The van der Waals surface area contributed by atoms with Crippen molar-refractivity contribution in [2.75, 3.05) is 31.6 Å². The van der Waals surface area contributed by atoms with E-state index >= 15 is 0 Å². The number of aryl methyl sites for hydroxylation is 1. The third kappa shape index (κ3) is 3.38. The van der Waals surface area contributed by atoms with Crippen molar-refractivity contribution in [1.29, 1.82) is 0 Å². The number of nitrogens with one attached hydrogen (secondary N) is 1. The van der Waals surface area contributed by atoms with Gasteiger partial charge in [0.05, 0.1) is 11.2 Å². The minimum atomic E-state index is -0.112. The molecule has 0 saturated carbocycles. The number of hydrogen-bond donors (Lipinski definition) is 1. The maximum absolute atomic E-state index is 12.7. The van der Waals surface area contributed by atoms with Gasteiger partial charge in [-0.3, -0.25) is 9.47 Å². The number of hydrogen-bond acceptors (Lipinski definition) is 4. The third-order valence-corrected chi connectivity index (χ3v) is 6.43. The fourth-order valence-electron chi connectivity index (χ4n) is 4.65. The van der Waals surface area contributed by atoms with E-state index in [2.05, 4.69) is 45.3 Å². The lowest BCUT2D eigenvalue weighted by atomic mass is 9.88. The standard InChI is InChI=1S/C23H27N5O/c1-26-18-13-19(26)15-27(14-18)20-10-5-11-21-22(20)25-16-28(21)23(29)24-12-6-9-17-7-3-2-4-8-17/h2-5,7-8,10-11,16,18-19H,6,9,12-15H2,1H3,(H,24,29). The Kier molecular flexibility index (Phi) is 4.72. The Balaban J connectivity index is 1.25. The summed E-state index contributed by atoms with van der Waals surface area (Å²) < 4.78 is 1.64. The molecule has 4 heterocycles. The van der Waals surface area contributed by atoms with Crippen LogP contribution in [-0.4, -0.2) is 59.2 Å². The lowest BCUT2D eigenvalue weighted by Crippen LogP contribution is -2.67. The summed E-state index contributed by atoms with van der Waals surface area (Å²) in [5.41, 5.74) is 4.22. The van der Waals surface area contributed by atoms with Crippen molar-refractivity contribution in [2.45, 2.75) is 31.3 Å². The number of para-hydroxylation sites is 1. The molecule has 1 aromatic heterocycles. The van der Waals surface area contributed by atoms with Crippen LogP contribution >= 0.6 is 0 Å². The molecule has 2 bridgehead atoms. The quantitative estimate of drug-likeness (QED) is 0.682. The fraction of sp³-hybridized carbons (Fsp3) is 0.391. The number of benzene rings is 2. The zero-order chi connectivity index (χ0) is 19.8. The van der Waals surface area contributed by atoms with Crippen LogP contribution in [0.2, 0.25) is 0 Å². The number of aromatic nitrogens is 2. The summed E-state index contributed by atoms with van der Waals surface area (Å²) in [5.74, 6) is 0. The molecule has 2 unspecified atom stereocenters. The first kappa shape index (κ1) is 18.2. The highest BCUT2D eigenvalue weighted by Crippen LogP contribution is 2.35. The molecule has 0 spiro atoms. The SMILES string of the molecule is CN1C2CC1CN(c1cccc3c1ncn3C(=O)NCCCc1ccccc1)C2. The molecule has 3 aliphatic heterocycles. The lowest BCUT2D eigenvalue weighted by Gasteiger charge is -2.55. The van der Waals surface area contributed by atoms with Crippen LogP contribution in [0.25, 0.3) is 11.0 Å². The van der Waals surface area contributed by atoms with Crippen molar-refractivity contribution in [2.24, 2.45) is 0 Å². The van der Waals surface area contributed by atoms with Gasteiger partial charge in [-0.05, 0) is 44.0 Å². The summed E-state index contributed by atoms with van der Waals surface area (Å²) >= 11 is 0. The van der Waals surface area contributed by atoms with Crippen LogP contribution in [0.3, 0.4) is 0 Å². The molecule has 3 aromatic rings. The number of rotatable bonds is 5. The Hall–Kier alpha value is -2.86. The van der Waals surface area contributed by atoms with Gasteiger partial charge in [-0.25, -0.2) is 9.78 Å². The maximum Gasteiger partial charge on any atom is 0.327 e. The highest BCUT2D eigenvalue weighted by molar-refractivity contribution is 5.95. The van der Waals surface area contributed by atoms with Crippen molar-refractivity contribution < 1.29 is 4.79 Å². The first-order valence-corrected chi connectivity index (χ1v) is 10.5. The summed E-state index contributed by atoms with van der Waals surface area (Å²) in [6.45, 7) is 2.71. The highest BCUT2D eigenvalue weighted by Gasteiger charge is 2.42. The molecular weight excluding hydrogens is 362 g/mol. The number of piperidine rings is 1. The van der Waals surface area contributed by atoms with E-state index in [4.69, 9.17) is 0 Å². The average molecular weight is 390 g/mol. The van der Waals surface area contributed by atoms with Crippen LogP contribution in [0.1, 0.15) is 18.4 Å². The van der Waals surface area contributed by atoms with E-state index in [1.54, 1.807) is 10.9 Å². The van der Waals surface area contributed by atoms with E-state index in [0.29, 0.717) is 18.6 Å². The van der Waals surface area contributed by atoms with Crippen LogP contribution in [0, 0.1) is 0 Å². The van der Waals surface area contributed by atoms with Crippen molar-refractivity contribution in [3.8, 4) is 0 Å². The average Bonchev–Trinajstić information content (AvgIpc) is 3.21. The van der Waals surface area contributed by atoms with Crippen molar-refractivity contribution in [1.82, 2.24) is 19.8 Å². The molecule has 1 amide bonds.